The van der Waals surface area contributed by atoms with Crippen LogP contribution in [0.25, 0.3) is 0 Å². The molecule has 0 heterocycles. The number of halogens is 1. The summed E-state index contributed by atoms with van der Waals surface area (Å²) in [5, 5.41) is 10.3. The van der Waals surface area contributed by atoms with Crippen LogP contribution >= 0.6 is 0 Å². The molecular weight excluding hydrogens is 415 g/mol. The van der Waals surface area contributed by atoms with E-state index < -0.39 is 11.5 Å². The maximum absolute atomic E-state index is 14.2. The van der Waals surface area contributed by atoms with E-state index in [1.807, 2.05) is 13.8 Å². The first-order valence-corrected chi connectivity index (χ1v) is 12.5. The van der Waals surface area contributed by atoms with Gasteiger partial charge in [0.2, 0.25) is 5.78 Å². The summed E-state index contributed by atoms with van der Waals surface area (Å²) >= 11 is 0. The van der Waals surface area contributed by atoms with Crippen LogP contribution in [0.2, 0.25) is 0 Å². The number of rotatable bonds is 1. The lowest BCUT2D eigenvalue weighted by atomic mass is 9.34. The molecule has 1 N–H and O–H groups in total. The van der Waals surface area contributed by atoms with Crippen LogP contribution in [0.5, 0.6) is 0 Å². The van der Waals surface area contributed by atoms with E-state index in [1.165, 1.54) is 5.57 Å². The van der Waals surface area contributed by atoms with Crippen LogP contribution in [0.4, 0.5) is 4.39 Å². The molecule has 33 heavy (non-hydrogen) atoms. The van der Waals surface area contributed by atoms with Gasteiger partial charge in [-0.15, -0.1) is 0 Å². The van der Waals surface area contributed by atoms with Crippen molar-refractivity contribution in [2.45, 2.75) is 86.5 Å². The normalized spacial score (nSPS) is 46.8. The molecule has 3 saturated carbocycles. The smallest absolute Gasteiger partial charge is 0.307 e. The third kappa shape index (κ3) is 2.67. The summed E-state index contributed by atoms with van der Waals surface area (Å²) in [6.45, 7) is 13.0. The molecule has 0 amide bonds. The van der Waals surface area contributed by atoms with Crippen molar-refractivity contribution in [1.82, 2.24) is 0 Å². The number of hydrogen-bond donors (Lipinski definition) is 1. The van der Waals surface area contributed by atoms with Gasteiger partial charge in [0.25, 0.3) is 0 Å². The Balaban J connectivity index is 1.64. The molecule has 0 spiro atoms. The summed E-state index contributed by atoms with van der Waals surface area (Å²) in [4.78, 5) is 24.6. The van der Waals surface area contributed by atoms with Gasteiger partial charge >= 0.3 is 6.04 Å². The molecule has 0 unspecified atom stereocenters. The van der Waals surface area contributed by atoms with Crippen LogP contribution < -0.4 is 0 Å². The average molecular weight is 453 g/mol. The average Bonchev–Trinajstić information content (AvgIpc) is 2.75. The molecule has 0 aliphatic heterocycles. The maximum Gasteiger partial charge on any atom is 0.307 e. The van der Waals surface area contributed by atoms with Crippen molar-refractivity contribution in [1.29, 1.82) is 0 Å². The fourth-order valence-corrected chi connectivity index (χ4v) is 8.64. The van der Waals surface area contributed by atoms with Gasteiger partial charge < -0.3 is 5.11 Å². The van der Waals surface area contributed by atoms with Gasteiger partial charge in [-0.05, 0) is 98.2 Å². The van der Waals surface area contributed by atoms with Crippen LogP contribution in [0.15, 0.2) is 46.3 Å². The van der Waals surface area contributed by atoms with E-state index in [2.05, 4.69) is 39.8 Å². The highest BCUT2D eigenvalue weighted by molar-refractivity contribution is 6.06. The Morgan fingerprint density at radius 3 is 2.33 bits per heavy atom. The zero-order chi connectivity index (χ0) is 24.2. The topological polar surface area (TPSA) is 54.4 Å². The molecule has 3 fully saturated rings. The van der Waals surface area contributed by atoms with Crippen LogP contribution in [-0.2, 0) is 9.59 Å². The van der Waals surface area contributed by atoms with E-state index in [-0.39, 0.29) is 39.1 Å². The molecular formula is C29H37FO3. The Morgan fingerprint density at radius 2 is 1.67 bits per heavy atom. The zero-order valence-electron chi connectivity index (χ0n) is 20.9. The predicted molar refractivity (Wildman–Crippen MR) is 127 cm³/mol. The Kier molecular flexibility index (Phi) is 4.55. The lowest BCUT2D eigenvalue weighted by Crippen LogP contribution is -2.62. The number of carbonyl (C=O) groups is 2. The number of allylic oxidation sites excluding steroid dienone is 7. The van der Waals surface area contributed by atoms with Crippen molar-refractivity contribution in [2.75, 3.05) is 0 Å². The number of fused-ring (bicyclic) bond motifs is 7. The van der Waals surface area contributed by atoms with Gasteiger partial charge in [-0.3, -0.25) is 9.59 Å². The Labute approximate surface area is 196 Å². The minimum absolute atomic E-state index is 0.0555. The highest BCUT2D eigenvalue weighted by Crippen LogP contribution is 2.75. The largest absolute Gasteiger partial charge is 0.504 e. The number of carbonyl (C=O) groups excluding carboxylic acids is 2. The quantitative estimate of drug-likeness (QED) is 0.431. The second kappa shape index (κ2) is 6.58. The summed E-state index contributed by atoms with van der Waals surface area (Å²) in [5.74, 6) is -0.185. The van der Waals surface area contributed by atoms with Gasteiger partial charge in [-0.2, -0.15) is 4.39 Å². The standard InChI is InChI=1S/C29H37FO3/c1-17-18-7-8-21-27(4,19(18)15-20(31)23(17)32)12-14-29(6)22-16-26(3,24(30)33)10-9-25(22,2)11-13-28(21,29)5/h7-8,15,22,32H,9-14,16H2,1-6H3/t22-,25-,26-,27+,28-,29+/m1/s1. The lowest BCUT2D eigenvalue weighted by molar-refractivity contribution is -0.173. The molecule has 5 aliphatic rings. The molecule has 0 radical (unpaired) electrons. The van der Waals surface area contributed by atoms with E-state index in [0.717, 1.165) is 43.3 Å². The Hall–Kier alpha value is -1.97. The monoisotopic (exact) mass is 452 g/mol. The molecule has 4 heteroatoms. The summed E-state index contributed by atoms with van der Waals surface area (Å²) in [5.41, 5.74) is 2.84. The Bertz CT molecular complexity index is 1110. The molecule has 0 saturated heterocycles. The van der Waals surface area contributed by atoms with Crippen LogP contribution in [-0.4, -0.2) is 16.9 Å². The van der Waals surface area contributed by atoms with E-state index in [0.29, 0.717) is 18.4 Å². The molecule has 178 valence electrons. The second-order valence-corrected chi connectivity index (χ2v) is 12.9. The minimum Gasteiger partial charge on any atom is -0.504 e. The summed E-state index contributed by atoms with van der Waals surface area (Å²) < 4.78 is 14.2. The zero-order valence-corrected chi connectivity index (χ0v) is 20.9. The van der Waals surface area contributed by atoms with Gasteiger partial charge in [0.05, 0.1) is 5.41 Å². The van der Waals surface area contributed by atoms with Gasteiger partial charge in [-0.1, -0.05) is 45.4 Å². The fourth-order valence-electron chi connectivity index (χ4n) is 8.64. The number of ketones is 1. The van der Waals surface area contributed by atoms with Crippen molar-refractivity contribution < 1.29 is 19.1 Å². The highest BCUT2D eigenvalue weighted by atomic mass is 19.1. The summed E-state index contributed by atoms with van der Waals surface area (Å²) in [7, 11) is 0. The fraction of sp³-hybridized carbons (Fsp3) is 0.655. The Morgan fingerprint density at radius 1 is 1.00 bits per heavy atom. The lowest BCUT2D eigenvalue weighted by Gasteiger charge is -2.70. The third-order valence-corrected chi connectivity index (χ3v) is 11.3. The maximum atomic E-state index is 14.2. The molecule has 0 aromatic heterocycles. The van der Waals surface area contributed by atoms with E-state index in [9.17, 15) is 19.1 Å². The predicted octanol–water partition coefficient (Wildman–Crippen LogP) is 7.11. The minimum atomic E-state index is -1.15. The van der Waals surface area contributed by atoms with E-state index in [4.69, 9.17) is 0 Å². The molecule has 0 bridgehead atoms. The number of aliphatic hydroxyl groups excluding tert-OH is 1. The van der Waals surface area contributed by atoms with Gasteiger partial charge in [0.15, 0.2) is 5.76 Å². The molecule has 0 aromatic carbocycles. The van der Waals surface area contributed by atoms with Crippen molar-refractivity contribution in [3.8, 4) is 0 Å². The third-order valence-electron chi connectivity index (χ3n) is 11.3. The molecule has 6 atom stereocenters. The molecule has 5 aliphatic carbocycles. The number of hydrogen-bond acceptors (Lipinski definition) is 3. The highest BCUT2D eigenvalue weighted by Gasteiger charge is 2.67. The first kappa shape index (κ1) is 22.8. The first-order valence-electron chi connectivity index (χ1n) is 12.5. The number of aliphatic hydroxyl groups is 1. The van der Waals surface area contributed by atoms with E-state index in [1.54, 1.807) is 6.08 Å². The summed E-state index contributed by atoms with van der Waals surface area (Å²) in [6.07, 6.45) is 12.2. The van der Waals surface area contributed by atoms with Crippen molar-refractivity contribution in [3.63, 3.8) is 0 Å². The molecule has 5 rings (SSSR count). The van der Waals surface area contributed by atoms with Crippen molar-refractivity contribution in [2.24, 2.45) is 33.0 Å². The second-order valence-electron chi connectivity index (χ2n) is 12.9. The van der Waals surface area contributed by atoms with Crippen LogP contribution in [0.3, 0.4) is 0 Å². The SMILES string of the molecule is CC1=C(O)C(=O)C=C2C1=CC=C1[C@@]2(C)CC[C@@]2(C)[C@@H]3C[C@](C)(C(=O)F)CC[C@]3(C)CC[C@]12C. The van der Waals surface area contributed by atoms with Crippen LogP contribution in [0, 0.1) is 33.0 Å². The van der Waals surface area contributed by atoms with E-state index >= 15 is 0 Å². The van der Waals surface area contributed by atoms with Crippen molar-refractivity contribution >= 4 is 11.8 Å². The van der Waals surface area contributed by atoms with Crippen LogP contribution in [0.1, 0.15) is 86.5 Å². The van der Waals surface area contributed by atoms with Gasteiger partial charge in [0.1, 0.15) is 0 Å². The van der Waals surface area contributed by atoms with Gasteiger partial charge in [-0.25, -0.2) is 0 Å². The molecule has 0 aromatic rings. The van der Waals surface area contributed by atoms with Gasteiger partial charge in [0, 0.05) is 11.0 Å². The first-order chi connectivity index (χ1) is 15.2. The summed E-state index contributed by atoms with van der Waals surface area (Å²) in [6, 6.07) is -1.15. The molecule has 3 nitrogen and oxygen atoms in total. The van der Waals surface area contributed by atoms with Crippen molar-refractivity contribution in [3.05, 3.63) is 46.3 Å².